The summed E-state index contributed by atoms with van der Waals surface area (Å²) in [6.45, 7) is 5.24. The van der Waals surface area contributed by atoms with Crippen molar-refractivity contribution < 1.29 is 22.7 Å². The molecule has 29 heavy (non-hydrogen) atoms. The van der Waals surface area contributed by atoms with E-state index in [0.29, 0.717) is 36.4 Å². The summed E-state index contributed by atoms with van der Waals surface area (Å²) in [6, 6.07) is 10.5. The number of alkyl halides is 3. The normalized spacial score (nSPS) is 19.7. The van der Waals surface area contributed by atoms with E-state index in [0.717, 1.165) is 12.5 Å². The van der Waals surface area contributed by atoms with Crippen molar-refractivity contribution in [3.8, 4) is 5.75 Å². The zero-order valence-corrected chi connectivity index (χ0v) is 16.7. The van der Waals surface area contributed by atoms with Gasteiger partial charge in [-0.15, -0.1) is 0 Å². The number of halogens is 3. The van der Waals surface area contributed by atoms with Crippen molar-refractivity contribution in [2.75, 3.05) is 30.4 Å². The number of rotatable bonds is 4. The second kappa shape index (κ2) is 8.35. The van der Waals surface area contributed by atoms with Gasteiger partial charge < -0.3 is 15.0 Å². The second-order valence-electron chi connectivity index (χ2n) is 7.77. The number of amides is 1. The van der Waals surface area contributed by atoms with Gasteiger partial charge in [-0.25, -0.2) is 0 Å². The molecule has 0 aliphatic carbocycles. The molecule has 0 radical (unpaired) electrons. The van der Waals surface area contributed by atoms with Crippen molar-refractivity contribution in [2.24, 2.45) is 11.8 Å². The molecule has 0 saturated carbocycles. The summed E-state index contributed by atoms with van der Waals surface area (Å²) in [5, 5.41) is 2.62. The number of carbonyl (C=O) groups is 1. The van der Waals surface area contributed by atoms with E-state index in [1.54, 1.807) is 29.2 Å². The van der Waals surface area contributed by atoms with Gasteiger partial charge in [0, 0.05) is 36.1 Å². The maximum absolute atomic E-state index is 13.8. The summed E-state index contributed by atoms with van der Waals surface area (Å²) in [7, 11) is 1.50. The average Bonchev–Trinajstić information content (AvgIpc) is 2.66. The topological polar surface area (TPSA) is 41.6 Å². The van der Waals surface area contributed by atoms with Crippen molar-refractivity contribution in [3.05, 3.63) is 53.6 Å². The van der Waals surface area contributed by atoms with Gasteiger partial charge in [0.2, 0.25) is 0 Å². The first-order chi connectivity index (χ1) is 13.7. The fraction of sp³-hybridized carbons (Fsp3) is 0.409. The Kier molecular flexibility index (Phi) is 6.05. The molecule has 4 nitrogen and oxygen atoms in total. The first kappa shape index (κ1) is 21.0. The van der Waals surface area contributed by atoms with Crippen LogP contribution < -0.4 is 15.0 Å². The van der Waals surface area contributed by atoms with Crippen LogP contribution in [0.3, 0.4) is 0 Å². The summed E-state index contributed by atoms with van der Waals surface area (Å²) in [5.74, 6) is 0.574. The molecule has 2 atom stereocenters. The molecule has 156 valence electrons. The molecule has 1 amide bonds. The van der Waals surface area contributed by atoms with Crippen LogP contribution in [0.15, 0.2) is 42.5 Å². The van der Waals surface area contributed by atoms with Gasteiger partial charge >= 0.3 is 6.18 Å². The number of anilines is 2. The molecule has 1 aliphatic rings. The van der Waals surface area contributed by atoms with Crippen LogP contribution in [0.1, 0.15) is 36.2 Å². The first-order valence-electron chi connectivity index (χ1n) is 9.59. The van der Waals surface area contributed by atoms with Gasteiger partial charge in [0.15, 0.2) is 0 Å². The van der Waals surface area contributed by atoms with E-state index in [1.807, 2.05) is 13.8 Å². The highest BCUT2D eigenvalue weighted by atomic mass is 19.4. The zero-order chi connectivity index (χ0) is 21.2. The van der Waals surface area contributed by atoms with Gasteiger partial charge in [0.25, 0.3) is 5.91 Å². The van der Waals surface area contributed by atoms with Crippen LogP contribution in [0.2, 0.25) is 0 Å². The molecule has 7 heteroatoms. The largest absolute Gasteiger partial charge is 0.497 e. The Balaban J connectivity index is 1.90. The van der Waals surface area contributed by atoms with Gasteiger partial charge in [-0.05, 0) is 48.6 Å². The first-order valence-corrected chi connectivity index (χ1v) is 9.59. The van der Waals surface area contributed by atoms with E-state index in [2.05, 4.69) is 5.32 Å². The third-order valence-corrected chi connectivity index (χ3v) is 5.10. The number of piperidine rings is 1. The highest BCUT2D eigenvalue weighted by Gasteiger charge is 2.37. The van der Waals surface area contributed by atoms with Crippen molar-refractivity contribution >= 4 is 17.3 Å². The average molecular weight is 406 g/mol. The summed E-state index contributed by atoms with van der Waals surface area (Å²) >= 11 is 0. The Bertz CT molecular complexity index is 873. The van der Waals surface area contributed by atoms with E-state index >= 15 is 0 Å². The lowest BCUT2D eigenvalue weighted by Crippen LogP contribution is -2.39. The molecule has 0 aromatic heterocycles. The summed E-state index contributed by atoms with van der Waals surface area (Å²) in [4.78, 5) is 14.3. The Morgan fingerprint density at radius 1 is 1.10 bits per heavy atom. The molecule has 1 heterocycles. The third-order valence-electron chi connectivity index (χ3n) is 5.10. The molecule has 0 bridgehead atoms. The summed E-state index contributed by atoms with van der Waals surface area (Å²) in [6.07, 6.45) is -3.55. The molecule has 0 unspecified atom stereocenters. The summed E-state index contributed by atoms with van der Waals surface area (Å²) in [5.41, 5.74) is -0.237. The van der Waals surface area contributed by atoms with E-state index in [1.165, 1.54) is 19.2 Å². The number of hydrogen-bond donors (Lipinski definition) is 1. The standard InChI is InChI=1S/C22H25F3N2O2/c1-14-9-15(2)13-27(12-14)20-8-7-16(10-19(20)22(23,24)25)21(28)26-17-5-4-6-18(11-17)29-3/h4-8,10-11,14-15H,9,12-13H2,1-3H3,(H,26,28)/t14-,15+. The fourth-order valence-corrected chi connectivity index (χ4v) is 3.94. The van der Waals surface area contributed by atoms with Crippen LogP contribution >= 0.6 is 0 Å². The minimum absolute atomic E-state index is 0.0398. The lowest BCUT2D eigenvalue weighted by molar-refractivity contribution is -0.137. The molecule has 3 rings (SSSR count). The lowest BCUT2D eigenvalue weighted by Gasteiger charge is -2.38. The van der Waals surface area contributed by atoms with Crippen LogP contribution in [0.5, 0.6) is 5.75 Å². The fourth-order valence-electron chi connectivity index (χ4n) is 3.94. The van der Waals surface area contributed by atoms with Gasteiger partial charge in [0.1, 0.15) is 5.75 Å². The minimum atomic E-state index is -4.55. The highest BCUT2D eigenvalue weighted by molar-refractivity contribution is 6.04. The van der Waals surface area contributed by atoms with Crippen molar-refractivity contribution in [1.82, 2.24) is 0 Å². The number of nitrogens with zero attached hydrogens (tertiary/aromatic N) is 1. The predicted octanol–water partition coefficient (Wildman–Crippen LogP) is 5.45. The minimum Gasteiger partial charge on any atom is -0.497 e. The van der Waals surface area contributed by atoms with Gasteiger partial charge in [-0.1, -0.05) is 19.9 Å². The third kappa shape index (κ3) is 5.02. The number of ether oxygens (including phenoxy) is 1. The molecular formula is C22H25F3N2O2. The lowest BCUT2D eigenvalue weighted by atomic mass is 9.91. The van der Waals surface area contributed by atoms with Crippen LogP contribution in [0.25, 0.3) is 0 Å². The van der Waals surface area contributed by atoms with Gasteiger partial charge in [-0.2, -0.15) is 13.2 Å². The van der Waals surface area contributed by atoms with E-state index in [-0.39, 0.29) is 11.3 Å². The molecular weight excluding hydrogens is 381 g/mol. The predicted molar refractivity (Wildman–Crippen MR) is 108 cm³/mol. The Hall–Kier alpha value is -2.70. The Morgan fingerprint density at radius 2 is 1.79 bits per heavy atom. The Labute approximate surface area is 168 Å². The van der Waals surface area contributed by atoms with E-state index in [4.69, 9.17) is 4.74 Å². The van der Waals surface area contributed by atoms with Crippen LogP contribution in [0, 0.1) is 11.8 Å². The van der Waals surface area contributed by atoms with Crippen LogP contribution in [-0.4, -0.2) is 26.1 Å². The monoisotopic (exact) mass is 406 g/mol. The van der Waals surface area contributed by atoms with E-state index < -0.39 is 17.6 Å². The van der Waals surface area contributed by atoms with Gasteiger partial charge in [-0.3, -0.25) is 4.79 Å². The zero-order valence-electron chi connectivity index (χ0n) is 16.7. The van der Waals surface area contributed by atoms with Crippen LogP contribution in [0.4, 0.5) is 24.5 Å². The van der Waals surface area contributed by atoms with Crippen molar-refractivity contribution in [2.45, 2.75) is 26.4 Å². The quantitative estimate of drug-likeness (QED) is 0.734. The Morgan fingerprint density at radius 3 is 2.41 bits per heavy atom. The molecule has 1 fully saturated rings. The number of benzene rings is 2. The van der Waals surface area contributed by atoms with Gasteiger partial charge in [0.05, 0.1) is 12.7 Å². The molecule has 2 aromatic carbocycles. The maximum atomic E-state index is 13.8. The molecule has 2 aromatic rings. The number of hydrogen-bond acceptors (Lipinski definition) is 3. The molecule has 0 spiro atoms. The second-order valence-corrected chi connectivity index (χ2v) is 7.77. The van der Waals surface area contributed by atoms with Crippen LogP contribution in [-0.2, 0) is 6.18 Å². The summed E-state index contributed by atoms with van der Waals surface area (Å²) < 4.78 is 46.5. The highest BCUT2D eigenvalue weighted by Crippen LogP contribution is 2.39. The molecule has 1 saturated heterocycles. The van der Waals surface area contributed by atoms with Crippen molar-refractivity contribution in [1.29, 1.82) is 0 Å². The van der Waals surface area contributed by atoms with Crippen molar-refractivity contribution in [3.63, 3.8) is 0 Å². The number of nitrogens with one attached hydrogen (secondary N) is 1. The number of carbonyl (C=O) groups excluding carboxylic acids is 1. The smallest absolute Gasteiger partial charge is 0.418 e. The number of methoxy groups -OCH3 is 1. The maximum Gasteiger partial charge on any atom is 0.418 e. The molecule has 1 N–H and O–H groups in total. The SMILES string of the molecule is COc1cccc(NC(=O)c2ccc(N3C[C@H](C)C[C@H](C)C3)c(C(F)(F)F)c2)c1. The molecule has 1 aliphatic heterocycles. The van der Waals surface area contributed by atoms with E-state index in [9.17, 15) is 18.0 Å².